The standard InChI is InChI=1S/C32H47NO4/c1-26(2)11-9-20-21(35)17-23-30(7,29(20,6)16-15-28(5,19-34)14-13-26)12-10-22-27(3,4)24(36)32(18-33)25(37-32)31(22,23)8/h17,20,22,25,34H,9-16,19H2,1-8H3/t20?,22-,25+,28-,29+,30+,31-,32-/m0/s1. The van der Waals surface area contributed by atoms with Crippen LogP contribution >= 0.6 is 0 Å². The quantitative estimate of drug-likeness (QED) is 0.426. The molecule has 37 heavy (non-hydrogen) atoms. The first kappa shape index (κ1) is 27.1. The lowest BCUT2D eigenvalue weighted by atomic mass is 9.37. The van der Waals surface area contributed by atoms with Gasteiger partial charge in [0, 0.05) is 23.4 Å². The molecule has 5 rings (SSSR count). The van der Waals surface area contributed by atoms with Gasteiger partial charge in [0.1, 0.15) is 12.2 Å². The van der Waals surface area contributed by atoms with E-state index in [9.17, 15) is 20.0 Å². The number of aliphatic hydroxyl groups excluding tert-OH is 1. The number of nitrogens with zero attached hydrogens (tertiary/aromatic N) is 1. The van der Waals surface area contributed by atoms with Gasteiger partial charge in [0.15, 0.2) is 11.6 Å². The number of Topliss-reactive ketones (excluding diaryl/α,β-unsaturated/α-hetero) is 1. The molecule has 5 nitrogen and oxygen atoms in total. The molecule has 3 saturated carbocycles. The molecule has 0 bridgehead atoms. The number of ether oxygens (including phenoxy) is 1. The Balaban J connectivity index is 1.66. The SMILES string of the molecule is CC1(C)CCC2C(=O)C=C3[C@@]4(C)[C@H]5O[C@@]5(C#N)C(=O)C(C)(C)[C@@H]4CC[C@@]3(C)[C@]2(C)CC[C@@](C)(CO)CC1. The lowest BCUT2D eigenvalue weighted by Crippen LogP contribution is -2.64. The lowest BCUT2D eigenvalue weighted by molar-refractivity contribution is -0.148. The molecule has 0 aromatic carbocycles. The Morgan fingerprint density at radius 2 is 1.59 bits per heavy atom. The summed E-state index contributed by atoms with van der Waals surface area (Å²) in [5.41, 5.74) is -2.09. The molecule has 1 heterocycles. The van der Waals surface area contributed by atoms with Gasteiger partial charge in [0.25, 0.3) is 0 Å². The molecule has 0 radical (unpaired) electrons. The number of ketones is 2. The molecule has 0 spiro atoms. The van der Waals surface area contributed by atoms with Gasteiger partial charge in [-0.25, -0.2) is 0 Å². The molecule has 4 fully saturated rings. The first-order valence-electron chi connectivity index (χ1n) is 14.5. The van der Waals surface area contributed by atoms with Crippen LogP contribution in [0.25, 0.3) is 0 Å². The van der Waals surface area contributed by atoms with Crippen molar-refractivity contribution in [1.82, 2.24) is 0 Å². The Kier molecular flexibility index (Phi) is 5.70. The third-order valence-corrected chi connectivity index (χ3v) is 12.8. The second-order valence-corrected chi connectivity index (χ2v) is 15.7. The first-order valence-corrected chi connectivity index (χ1v) is 14.5. The van der Waals surface area contributed by atoms with Crippen molar-refractivity contribution < 1.29 is 19.4 Å². The van der Waals surface area contributed by atoms with Gasteiger partial charge in [-0.1, -0.05) is 61.0 Å². The monoisotopic (exact) mass is 509 g/mol. The Hall–Kier alpha value is -1.51. The lowest BCUT2D eigenvalue weighted by Gasteiger charge is -2.65. The number of allylic oxidation sites excluding steroid dienone is 1. The highest BCUT2D eigenvalue weighted by Gasteiger charge is 2.82. The molecule has 1 saturated heterocycles. The van der Waals surface area contributed by atoms with Crippen molar-refractivity contribution in [1.29, 1.82) is 5.26 Å². The van der Waals surface area contributed by atoms with E-state index in [0.29, 0.717) is 0 Å². The highest BCUT2D eigenvalue weighted by Crippen LogP contribution is 2.75. The topological polar surface area (TPSA) is 90.7 Å². The van der Waals surface area contributed by atoms with Gasteiger partial charge >= 0.3 is 0 Å². The van der Waals surface area contributed by atoms with Gasteiger partial charge in [-0.2, -0.15) is 5.26 Å². The van der Waals surface area contributed by atoms with E-state index in [0.717, 1.165) is 56.9 Å². The van der Waals surface area contributed by atoms with Crippen LogP contribution in [0.15, 0.2) is 11.6 Å². The van der Waals surface area contributed by atoms with E-state index in [2.05, 4.69) is 47.6 Å². The zero-order valence-corrected chi connectivity index (χ0v) is 24.3. The average Bonchev–Trinajstić information content (AvgIpc) is 3.59. The smallest absolute Gasteiger partial charge is 0.240 e. The van der Waals surface area contributed by atoms with Gasteiger partial charge in [0.2, 0.25) is 5.60 Å². The van der Waals surface area contributed by atoms with Crippen molar-refractivity contribution in [3.05, 3.63) is 11.6 Å². The fourth-order valence-electron chi connectivity index (χ4n) is 9.63. The van der Waals surface area contributed by atoms with Gasteiger partial charge < -0.3 is 9.84 Å². The van der Waals surface area contributed by atoms with Crippen molar-refractivity contribution in [3.8, 4) is 6.07 Å². The Morgan fingerprint density at radius 3 is 2.22 bits per heavy atom. The molecule has 4 aliphatic carbocycles. The summed E-state index contributed by atoms with van der Waals surface area (Å²) < 4.78 is 6.10. The largest absolute Gasteiger partial charge is 0.396 e. The van der Waals surface area contributed by atoms with E-state index in [1.54, 1.807) is 0 Å². The minimum atomic E-state index is -1.38. The van der Waals surface area contributed by atoms with Gasteiger partial charge in [-0.15, -0.1) is 0 Å². The van der Waals surface area contributed by atoms with Crippen LogP contribution in [0.3, 0.4) is 0 Å². The van der Waals surface area contributed by atoms with E-state index in [1.807, 2.05) is 19.9 Å². The number of nitriles is 1. The first-order chi connectivity index (χ1) is 17.0. The molecule has 1 unspecified atom stereocenters. The number of aliphatic hydroxyl groups is 1. The van der Waals surface area contributed by atoms with Gasteiger partial charge in [-0.3, -0.25) is 9.59 Å². The number of fused-ring (bicyclic) bond motifs is 7. The number of carbonyl (C=O) groups excluding carboxylic acids is 2. The maximum Gasteiger partial charge on any atom is 0.240 e. The van der Waals surface area contributed by atoms with Crippen molar-refractivity contribution >= 4 is 11.6 Å². The molecule has 0 aromatic rings. The molecule has 0 aromatic heterocycles. The van der Waals surface area contributed by atoms with Gasteiger partial charge in [0.05, 0.1) is 0 Å². The second kappa shape index (κ2) is 7.79. The number of hydrogen-bond acceptors (Lipinski definition) is 5. The van der Waals surface area contributed by atoms with Gasteiger partial charge in [-0.05, 0) is 85.0 Å². The Morgan fingerprint density at radius 1 is 0.946 bits per heavy atom. The van der Waals surface area contributed by atoms with Crippen molar-refractivity contribution in [2.75, 3.05) is 6.61 Å². The predicted octanol–water partition coefficient (Wildman–Crippen LogP) is 6.19. The van der Waals surface area contributed by atoms with Crippen molar-refractivity contribution in [3.63, 3.8) is 0 Å². The van der Waals surface area contributed by atoms with Crippen LogP contribution in [0.1, 0.15) is 107 Å². The Labute approximate surface area is 223 Å². The second-order valence-electron chi connectivity index (χ2n) is 15.7. The van der Waals surface area contributed by atoms with E-state index < -0.39 is 22.5 Å². The fourth-order valence-corrected chi connectivity index (χ4v) is 9.63. The molecule has 204 valence electrons. The summed E-state index contributed by atoms with van der Waals surface area (Å²) in [4.78, 5) is 27.6. The normalized spacial score (nSPS) is 50.4. The summed E-state index contributed by atoms with van der Waals surface area (Å²) in [6, 6.07) is 2.25. The number of carbonyl (C=O) groups is 2. The Bertz CT molecular complexity index is 1110. The van der Waals surface area contributed by atoms with Crippen LogP contribution in [0.4, 0.5) is 0 Å². The van der Waals surface area contributed by atoms with Crippen LogP contribution in [0.5, 0.6) is 0 Å². The summed E-state index contributed by atoms with van der Waals surface area (Å²) in [7, 11) is 0. The third kappa shape index (κ3) is 3.33. The van der Waals surface area contributed by atoms with Crippen molar-refractivity contribution in [2.45, 2.75) is 118 Å². The summed E-state index contributed by atoms with van der Waals surface area (Å²) in [6.45, 7) is 17.8. The van der Waals surface area contributed by atoms with Crippen LogP contribution in [-0.2, 0) is 14.3 Å². The molecule has 5 heteroatoms. The molecule has 1 N–H and O–H groups in total. The minimum Gasteiger partial charge on any atom is -0.396 e. The third-order valence-electron chi connectivity index (χ3n) is 12.8. The molecule has 1 aliphatic heterocycles. The van der Waals surface area contributed by atoms with E-state index in [1.165, 1.54) is 0 Å². The molecular formula is C32H47NO4. The maximum absolute atomic E-state index is 14.1. The van der Waals surface area contributed by atoms with E-state index in [4.69, 9.17) is 4.74 Å². The van der Waals surface area contributed by atoms with Crippen LogP contribution in [0, 0.1) is 55.7 Å². The number of rotatable bonds is 1. The summed E-state index contributed by atoms with van der Waals surface area (Å²) in [6.07, 6.45) is 8.93. The van der Waals surface area contributed by atoms with E-state index >= 15 is 0 Å². The van der Waals surface area contributed by atoms with E-state index in [-0.39, 0.29) is 51.7 Å². The molecule has 5 aliphatic rings. The highest BCUT2D eigenvalue weighted by molar-refractivity contribution is 6.01. The minimum absolute atomic E-state index is 0.0231. The molecule has 0 amide bonds. The zero-order chi connectivity index (χ0) is 27.4. The van der Waals surface area contributed by atoms with Crippen molar-refractivity contribution in [2.24, 2.45) is 44.3 Å². The highest BCUT2D eigenvalue weighted by atomic mass is 16.6. The summed E-state index contributed by atoms with van der Waals surface area (Å²) in [5.74, 6) is 0.0672. The summed E-state index contributed by atoms with van der Waals surface area (Å²) >= 11 is 0. The number of epoxide rings is 1. The van der Waals surface area contributed by atoms with Crippen LogP contribution < -0.4 is 0 Å². The zero-order valence-electron chi connectivity index (χ0n) is 24.3. The molecule has 8 atom stereocenters. The average molecular weight is 510 g/mol. The maximum atomic E-state index is 14.1. The number of hydrogen-bond donors (Lipinski definition) is 1. The summed E-state index contributed by atoms with van der Waals surface area (Å²) in [5, 5.41) is 20.5. The van der Waals surface area contributed by atoms with Crippen LogP contribution in [-0.4, -0.2) is 35.0 Å². The molecular weight excluding hydrogens is 462 g/mol. The van der Waals surface area contributed by atoms with Crippen LogP contribution in [0.2, 0.25) is 0 Å². The fraction of sp³-hybridized carbons (Fsp3) is 0.844. The predicted molar refractivity (Wildman–Crippen MR) is 142 cm³/mol.